The van der Waals surface area contributed by atoms with E-state index in [-0.39, 0.29) is 0 Å². The summed E-state index contributed by atoms with van der Waals surface area (Å²) in [5, 5.41) is 0. The Morgan fingerprint density at radius 2 is 1.06 bits per heavy atom. The van der Waals surface area contributed by atoms with Crippen LogP contribution in [0.4, 0.5) is 0 Å². The van der Waals surface area contributed by atoms with Crippen LogP contribution in [-0.4, -0.2) is 0 Å². The molecule has 0 unspecified atom stereocenters. The quantitative estimate of drug-likeness (QED) is 0.477. The van der Waals surface area contributed by atoms with Crippen LogP contribution in [-0.2, 0) is 0 Å². The van der Waals surface area contributed by atoms with Gasteiger partial charge in [0.25, 0.3) is 0 Å². The van der Waals surface area contributed by atoms with E-state index in [0.717, 1.165) is 22.3 Å². The standard InChI is InChI=1S/C18H9/c1-3-15-5-9-17(10-6-15)13-14-18-11-7-16(4-2)8-12-18/h1,5-12H/q-1. The summed E-state index contributed by atoms with van der Waals surface area (Å²) >= 11 is 0. The number of terminal acetylenes is 1. The summed E-state index contributed by atoms with van der Waals surface area (Å²) in [5.41, 5.74) is 3.44. The molecule has 0 saturated carbocycles. The molecular formula is C18H9-. The van der Waals surface area contributed by atoms with Gasteiger partial charge in [-0.2, -0.15) is 0 Å². The minimum absolute atomic E-state index is 0.749. The molecule has 0 radical (unpaired) electrons. The number of rotatable bonds is 0. The zero-order chi connectivity index (χ0) is 12.8. The van der Waals surface area contributed by atoms with Crippen LogP contribution in [0.15, 0.2) is 48.5 Å². The molecule has 0 bridgehead atoms. The summed E-state index contributed by atoms with van der Waals surface area (Å²) in [6, 6.07) is 14.9. The molecular weight excluding hydrogens is 216 g/mol. The van der Waals surface area contributed by atoms with Crippen LogP contribution >= 0.6 is 0 Å². The first-order valence-electron chi connectivity index (χ1n) is 5.43. The zero-order valence-corrected chi connectivity index (χ0v) is 9.70. The van der Waals surface area contributed by atoms with Crippen LogP contribution < -0.4 is 0 Å². The second kappa shape index (κ2) is 5.45. The lowest BCUT2D eigenvalue weighted by molar-refractivity contribution is 1.58. The van der Waals surface area contributed by atoms with Crippen molar-refractivity contribution in [3.05, 3.63) is 77.2 Å². The highest BCUT2D eigenvalue weighted by Gasteiger charge is 1.88. The van der Waals surface area contributed by atoms with Gasteiger partial charge in [0, 0.05) is 16.7 Å². The molecule has 0 heteroatoms. The van der Waals surface area contributed by atoms with Crippen LogP contribution in [0.3, 0.4) is 0 Å². The van der Waals surface area contributed by atoms with Crippen LogP contribution in [0.2, 0.25) is 0 Å². The van der Waals surface area contributed by atoms with Crippen LogP contribution in [0.1, 0.15) is 22.3 Å². The average molecular weight is 225 g/mol. The Hall–Kier alpha value is -2.88. The van der Waals surface area contributed by atoms with Crippen LogP contribution in [0.25, 0.3) is 0 Å². The van der Waals surface area contributed by atoms with E-state index in [9.17, 15) is 0 Å². The fourth-order valence-electron chi connectivity index (χ4n) is 1.43. The predicted octanol–water partition coefficient (Wildman–Crippen LogP) is 3.01. The van der Waals surface area contributed by atoms with E-state index >= 15 is 0 Å². The smallest absolute Gasteiger partial charge is 0.0249 e. The van der Waals surface area contributed by atoms with Gasteiger partial charge in [-0.15, -0.1) is 24.1 Å². The van der Waals surface area contributed by atoms with E-state index in [1.807, 2.05) is 48.5 Å². The highest BCUT2D eigenvalue weighted by atomic mass is 13.9. The molecule has 0 atom stereocenters. The zero-order valence-electron chi connectivity index (χ0n) is 9.70. The highest BCUT2D eigenvalue weighted by molar-refractivity contribution is 5.46. The molecule has 0 aliphatic carbocycles. The first-order chi connectivity index (χ1) is 8.81. The molecule has 2 aromatic rings. The van der Waals surface area contributed by atoms with Gasteiger partial charge < -0.3 is 6.42 Å². The Morgan fingerprint density at radius 3 is 1.44 bits per heavy atom. The van der Waals surface area contributed by atoms with E-state index in [4.69, 9.17) is 12.8 Å². The maximum atomic E-state index is 6.99. The van der Waals surface area contributed by atoms with Gasteiger partial charge in [-0.3, -0.25) is 5.92 Å². The third kappa shape index (κ3) is 2.82. The summed E-state index contributed by atoms with van der Waals surface area (Å²) in [6.07, 6.45) is 12.3. The van der Waals surface area contributed by atoms with E-state index in [1.54, 1.807) is 0 Å². The largest absolute Gasteiger partial charge is 0.366 e. The maximum absolute atomic E-state index is 6.99. The predicted molar refractivity (Wildman–Crippen MR) is 73.0 cm³/mol. The molecule has 0 saturated heterocycles. The van der Waals surface area contributed by atoms with Crippen molar-refractivity contribution < 1.29 is 0 Å². The molecule has 0 aliphatic heterocycles. The Kier molecular flexibility index (Phi) is 3.51. The SMILES string of the molecule is [C-]#Cc1ccc(C#Cc2ccc(C#C)cc2)cc1. The van der Waals surface area contributed by atoms with Gasteiger partial charge in [0.2, 0.25) is 0 Å². The molecule has 0 heterocycles. The van der Waals surface area contributed by atoms with E-state index in [0.29, 0.717) is 0 Å². The number of hydrogen-bond acceptors (Lipinski definition) is 0. The molecule has 2 aromatic carbocycles. The monoisotopic (exact) mass is 225 g/mol. The van der Waals surface area contributed by atoms with Crippen molar-refractivity contribution in [2.45, 2.75) is 0 Å². The van der Waals surface area contributed by atoms with Crippen molar-refractivity contribution in [1.82, 2.24) is 0 Å². The Morgan fingerprint density at radius 1 is 0.667 bits per heavy atom. The Balaban J connectivity index is 2.20. The van der Waals surface area contributed by atoms with Crippen molar-refractivity contribution in [2.75, 3.05) is 0 Å². The lowest BCUT2D eigenvalue weighted by Gasteiger charge is -1.98. The van der Waals surface area contributed by atoms with Crippen LogP contribution in [0.5, 0.6) is 0 Å². The van der Waals surface area contributed by atoms with Crippen LogP contribution in [0, 0.1) is 36.5 Å². The van der Waals surface area contributed by atoms with Gasteiger partial charge in [0.1, 0.15) is 0 Å². The molecule has 0 amide bonds. The van der Waals surface area contributed by atoms with Gasteiger partial charge in [-0.05, 0) is 24.3 Å². The lowest BCUT2D eigenvalue weighted by Crippen LogP contribution is -1.78. The van der Waals surface area contributed by atoms with Crippen molar-refractivity contribution in [3.8, 4) is 30.1 Å². The summed E-state index contributed by atoms with van der Waals surface area (Å²) in [4.78, 5) is 0. The normalized spacial score (nSPS) is 8.56. The van der Waals surface area contributed by atoms with E-state index < -0.39 is 0 Å². The maximum Gasteiger partial charge on any atom is 0.0249 e. The highest BCUT2D eigenvalue weighted by Crippen LogP contribution is 2.04. The first-order valence-corrected chi connectivity index (χ1v) is 5.43. The van der Waals surface area contributed by atoms with Gasteiger partial charge >= 0.3 is 0 Å². The van der Waals surface area contributed by atoms with E-state index in [2.05, 4.69) is 23.7 Å². The molecule has 0 N–H and O–H groups in total. The molecule has 18 heavy (non-hydrogen) atoms. The van der Waals surface area contributed by atoms with Crippen molar-refractivity contribution in [1.29, 1.82) is 0 Å². The molecule has 0 aliphatic rings. The average Bonchev–Trinajstić information content (AvgIpc) is 2.46. The Labute approximate surface area is 108 Å². The Bertz CT molecular complexity index is 614. The van der Waals surface area contributed by atoms with Gasteiger partial charge in [-0.1, -0.05) is 29.9 Å². The minimum Gasteiger partial charge on any atom is -0.366 e. The third-order valence-corrected chi connectivity index (χ3v) is 2.43. The first kappa shape index (κ1) is 11.6. The number of benzene rings is 2. The molecule has 0 aromatic heterocycles. The van der Waals surface area contributed by atoms with E-state index in [1.165, 1.54) is 0 Å². The van der Waals surface area contributed by atoms with Crippen molar-refractivity contribution >= 4 is 0 Å². The van der Waals surface area contributed by atoms with Gasteiger partial charge in [0.15, 0.2) is 0 Å². The van der Waals surface area contributed by atoms with Gasteiger partial charge in [-0.25, -0.2) is 0 Å². The second-order valence-electron chi connectivity index (χ2n) is 3.67. The fourth-order valence-corrected chi connectivity index (χ4v) is 1.43. The topological polar surface area (TPSA) is 0 Å². The van der Waals surface area contributed by atoms with Gasteiger partial charge in [0.05, 0.1) is 0 Å². The molecule has 0 spiro atoms. The summed E-state index contributed by atoms with van der Waals surface area (Å²) in [7, 11) is 0. The molecule has 0 fully saturated rings. The number of hydrogen-bond donors (Lipinski definition) is 0. The molecule has 2 rings (SSSR count). The minimum atomic E-state index is 0.749. The summed E-state index contributed by atoms with van der Waals surface area (Å²) in [6.45, 7) is 0. The molecule has 82 valence electrons. The van der Waals surface area contributed by atoms with Crippen molar-refractivity contribution in [2.24, 2.45) is 0 Å². The molecule has 0 nitrogen and oxygen atoms in total. The third-order valence-electron chi connectivity index (χ3n) is 2.43. The van der Waals surface area contributed by atoms with Crippen molar-refractivity contribution in [3.63, 3.8) is 0 Å². The fraction of sp³-hybridized carbons (Fsp3) is 0. The summed E-state index contributed by atoms with van der Waals surface area (Å²) in [5.74, 6) is 11.0. The summed E-state index contributed by atoms with van der Waals surface area (Å²) < 4.78 is 0. The second-order valence-corrected chi connectivity index (χ2v) is 3.67. The lowest BCUT2D eigenvalue weighted by atomic mass is 10.1.